The van der Waals surface area contributed by atoms with E-state index in [0.29, 0.717) is 43.2 Å². The van der Waals surface area contributed by atoms with Gasteiger partial charge in [0.15, 0.2) is 11.8 Å². The number of hydrogen-bond donors (Lipinski definition) is 2. The number of amides is 1. The molecule has 0 radical (unpaired) electrons. The molecule has 2 heterocycles. The van der Waals surface area contributed by atoms with Gasteiger partial charge in [0.1, 0.15) is 32.4 Å². The summed E-state index contributed by atoms with van der Waals surface area (Å²) in [4.78, 5) is 29.7. The molecule has 1 atom stereocenters. The van der Waals surface area contributed by atoms with E-state index in [2.05, 4.69) is 10.3 Å². The van der Waals surface area contributed by atoms with Crippen LogP contribution in [0.5, 0.6) is 0 Å². The molecule has 160 valence electrons. The summed E-state index contributed by atoms with van der Waals surface area (Å²) in [6.07, 6.45) is -3.39. The molecular formula is C21H25F3N4O2+2. The highest BCUT2D eigenvalue weighted by Crippen LogP contribution is 2.28. The van der Waals surface area contributed by atoms with Gasteiger partial charge in [0.2, 0.25) is 0 Å². The number of ketones is 1. The van der Waals surface area contributed by atoms with Crippen LogP contribution in [0.2, 0.25) is 0 Å². The zero-order chi connectivity index (χ0) is 21.9. The van der Waals surface area contributed by atoms with Crippen molar-refractivity contribution < 1.29 is 32.6 Å². The Morgan fingerprint density at radius 3 is 2.23 bits per heavy atom. The van der Waals surface area contributed by atoms with Gasteiger partial charge in [-0.1, -0.05) is 0 Å². The Bertz CT molecular complexity index is 890. The first-order valence-corrected chi connectivity index (χ1v) is 9.75. The predicted octanol–water partition coefficient (Wildman–Crippen LogP) is 1.45. The molecule has 1 saturated heterocycles. The van der Waals surface area contributed by atoms with Gasteiger partial charge in [-0.15, -0.1) is 0 Å². The number of Topliss-reactive ketones (excluding diaryl/α,β-unsaturated/α-hetero) is 1. The smallest absolute Gasteiger partial charge is 0.321 e. The lowest BCUT2D eigenvalue weighted by molar-refractivity contribution is -0.914. The van der Waals surface area contributed by atoms with Gasteiger partial charge in [0.25, 0.3) is 11.7 Å². The Morgan fingerprint density at radius 2 is 1.73 bits per heavy atom. The van der Waals surface area contributed by atoms with Crippen molar-refractivity contribution in [1.29, 1.82) is 0 Å². The molecule has 3 rings (SSSR count). The molecule has 0 unspecified atom stereocenters. The highest BCUT2D eigenvalue weighted by atomic mass is 19.4. The van der Waals surface area contributed by atoms with Crippen molar-refractivity contribution in [1.82, 2.24) is 0 Å². The third-order valence-electron chi connectivity index (χ3n) is 5.43. The minimum absolute atomic E-state index is 0.0335. The fourth-order valence-electron chi connectivity index (χ4n) is 3.48. The number of carbonyl (C=O) groups excluding carboxylic acids is 2. The first-order chi connectivity index (χ1) is 14.1. The molecule has 2 aromatic rings. The second kappa shape index (κ2) is 8.83. The van der Waals surface area contributed by atoms with E-state index in [1.807, 2.05) is 11.8 Å². The van der Waals surface area contributed by atoms with E-state index in [-0.39, 0.29) is 17.7 Å². The van der Waals surface area contributed by atoms with Crippen LogP contribution in [0.4, 0.5) is 24.7 Å². The Labute approximate surface area is 172 Å². The minimum Gasteiger partial charge on any atom is -0.321 e. The Kier molecular flexibility index (Phi) is 6.40. The van der Waals surface area contributed by atoms with Crippen molar-refractivity contribution in [3.8, 4) is 0 Å². The van der Waals surface area contributed by atoms with Gasteiger partial charge < -0.3 is 10.2 Å². The molecule has 3 N–H and O–H groups in total. The van der Waals surface area contributed by atoms with Crippen molar-refractivity contribution in [2.24, 2.45) is 0 Å². The summed E-state index contributed by atoms with van der Waals surface area (Å²) in [6, 6.07) is 8.98. The molecule has 1 aliphatic rings. The van der Waals surface area contributed by atoms with Gasteiger partial charge in [-0.25, -0.2) is 4.98 Å². The lowest BCUT2D eigenvalue weighted by atomic mass is 10.1. The monoisotopic (exact) mass is 422 g/mol. The van der Waals surface area contributed by atoms with E-state index in [4.69, 9.17) is 0 Å². The number of carbonyl (C=O) groups is 2. The first kappa shape index (κ1) is 21.8. The summed E-state index contributed by atoms with van der Waals surface area (Å²) in [5.74, 6) is 0.480. The molecule has 1 aromatic carbocycles. The normalized spacial score (nSPS) is 16.2. The van der Waals surface area contributed by atoms with Crippen molar-refractivity contribution in [3.05, 3.63) is 53.7 Å². The van der Waals surface area contributed by atoms with Crippen LogP contribution in [-0.2, 0) is 11.0 Å². The highest BCUT2D eigenvalue weighted by Gasteiger charge is 2.34. The summed E-state index contributed by atoms with van der Waals surface area (Å²) >= 11 is 0. The summed E-state index contributed by atoms with van der Waals surface area (Å²) in [6.45, 7) is 5.97. The van der Waals surface area contributed by atoms with E-state index in [0.717, 1.165) is 17.2 Å². The largest absolute Gasteiger partial charge is 0.419 e. The number of hydrogen-bond acceptors (Lipinski definition) is 3. The number of quaternary nitrogens is 1. The zero-order valence-corrected chi connectivity index (χ0v) is 16.8. The SMILES string of the molecule is CC(=O)c1ccc(NC(=O)[C@@H](C)[NH+]2CCN(c3ccc(C(F)(F)F)c[nH+]3)CC2)cc1. The van der Waals surface area contributed by atoms with Crippen LogP contribution in [0.3, 0.4) is 0 Å². The number of benzene rings is 1. The molecule has 0 bridgehead atoms. The number of nitrogens with zero attached hydrogens (tertiary/aromatic N) is 1. The lowest BCUT2D eigenvalue weighted by Crippen LogP contribution is -3.19. The molecule has 1 aliphatic heterocycles. The number of nitrogens with one attached hydrogen (secondary N) is 3. The van der Waals surface area contributed by atoms with Crippen LogP contribution in [0.15, 0.2) is 42.6 Å². The maximum absolute atomic E-state index is 12.7. The van der Waals surface area contributed by atoms with Crippen LogP contribution in [0.25, 0.3) is 0 Å². The summed E-state index contributed by atoms with van der Waals surface area (Å²) in [7, 11) is 0. The lowest BCUT2D eigenvalue weighted by Gasteiger charge is -2.31. The molecule has 30 heavy (non-hydrogen) atoms. The number of aromatic amines is 1. The van der Waals surface area contributed by atoms with Gasteiger partial charge >= 0.3 is 6.18 Å². The second-order valence-corrected chi connectivity index (χ2v) is 7.45. The summed E-state index contributed by atoms with van der Waals surface area (Å²) < 4.78 is 38.1. The number of halogens is 3. The number of alkyl halides is 3. The molecule has 6 nitrogen and oxygen atoms in total. The first-order valence-electron chi connectivity index (χ1n) is 9.75. The standard InChI is InChI=1S/C21H23F3N4O2/c1-14(20(30)26-18-6-3-16(4-7-18)15(2)29)27-9-11-28(12-10-27)19-8-5-17(13-25-19)21(22,23)24/h3-8,13-14H,9-12H2,1-2H3,(H,26,30)/p+2/t14-/m1/s1. The van der Waals surface area contributed by atoms with E-state index >= 15 is 0 Å². The summed E-state index contributed by atoms with van der Waals surface area (Å²) in [5, 5.41) is 2.87. The third-order valence-corrected chi connectivity index (χ3v) is 5.43. The molecule has 1 aromatic heterocycles. The van der Waals surface area contributed by atoms with Crippen molar-refractivity contribution in [2.45, 2.75) is 26.1 Å². The second-order valence-electron chi connectivity index (χ2n) is 7.45. The van der Waals surface area contributed by atoms with Crippen LogP contribution in [0, 0.1) is 0 Å². The maximum Gasteiger partial charge on any atom is 0.419 e. The highest BCUT2D eigenvalue weighted by molar-refractivity contribution is 5.96. The average molecular weight is 422 g/mol. The molecule has 1 fully saturated rings. The summed E-state index contributed by atoms with van der Waals surface area (Å²) in [5.41, 5.74) is 0.509. The van der Waals surface area contributed by atoms with Gasteiger partial charge in [0, 0.05) is 17.3 Å². The Balaban J connectivity index is 1.53. The fraction of sp³-hybridized carbons (Fsp3) is 0.381. The topological polar surface area (TPSA) is 68.0 Å². The molecule has 1 amide bonds. The quantitative estimate of drug-likeness (QED) is 0.717. The van der Waals surface area contributed by atoms with Gasteiger partial charge in [0.05, 0.1) is 5.56 Å². The molecule has 9 heteroatoms. The van der Waals surface area contributed by atoms with Crippen LogP contribution >= 0.6 is 0 Å². The Morgan fingerprint density at radius 1 is 1.10 bits per heavy atom. The zero-order valence-electron chi connectivity index (χ0n) is 16.8. The number of H-pyrrole nitrogens is 1. The van der Waals surface area contributed by atoms with E-state index < -0.39 is 11.7 Å². The number of piperazine rings is 1. The fourth-order valence-corrected chi connectivity index (χ4v) is 3.48. The van der Waals surface area contributed by atoms with Crippen LogP contribution < -0.4 is 20.1 Å². The number of rotatable bonds is 5. The minimum atomic E-state index is -4.37. The van der Waals surface area contributed by atoms with Crippen molar-refractivity contribution in [3.63, 3.8) is 0 Å². The molecular weight excluding hydrogens is 397 g/mol. The van der Waals surface area contributed by atoms with Crippen molar-refractivity contribution in [2.75, 3.05) is 36.4 Å². The Hall–Kier alpha value is -2.94. The van der Waals surface area contributed by atoms with E-state index in [1.54, 1.807) is 24.3 Å². The van der Waals surface area contributed by atoms with Gasteiger partial charge in [-0.2, -0.15) is 13.2 Å². The molecule has 0 spiro atoms. The van der Waals surface area contributed by atoms with E-state index in [9.17, 15) is 22.8 Å². The maximum atomic E-state index is 12.7. The number of aromatic nitrogens is 1. The number of pyridine rings is 1. The molecule has 0 aliphatic carbocycles. The van der Waals surface area contributed by atoms with Gasteiger partial charge in [-0.3, -0.25) is 14.5 Å². The van der Waals surface area contributed by atoms with Crippen LogP contribution in [-0.4, -0.2) is 43.9 Å². The number of anilines is 2. The van der Waals surface area contributed by atoms with Crippen molar-refractivity contribution >= 4 is 23.2 Å². The molecule has 0 saturated carbocycles. The third kappa shape index (κ3) is 5.15. The van der Waals surface area contributed by atoms with Gasteiger partial charge in [-0.05, 0) is 44.2 Å². The van der Waals surface area contributed by atoms with Crippen LogP contribution in [0.1, 0.15) is 29.8 Å². The average Bonchev–Trinajstić information content (AvgIpc) is 2.73. The van der Waals surface area contributed by atoms with E-state index in [1.165, 1.54) is 13.0 Å². The predicted molar refractivity (Wildman–Crippen MR) is 105 cm³/mol.